The van der Waals surface area contributed by atoms with E-state index in [0.29, 0.717) is 24.7 Å². The van der Waals surface area contributed by atoms with Gasteiger partial charge in [-0.3, -0.25) is 9.59 Å². The van der Waals surface area contributed by atoms with Crippen molar-refractivity contribution < 1.29 is 35.9 Å². The molecule has 2 N–H and O–H groups in total. The summed E-state index contributed by atoms with van der Waals surface area (Å²) in [7, 11) is -4.44. The van der Waals surface area contributed by atoms with Gasteiger partial charge in [-0.2, -0.15) is 4.31 Å². The molecule has 0 spiro atoms. The van der Waals surface area contributed by atoms with Crippen molar-refractivity contribution in [2.45, 2.75) is 24.0 Å². The van der Waals surface area contributed by atoms with Gasteiger partial charge in [0.15, 0.2) is 0 Å². The molecule has 0 bridgehead atoms. The summed E-state index contributed by atoms with van der Waals surface area (Å²) < 4.78 is 64.6. The van der Waals surface area contributed by atoms with Crippen molar-refractivity contribution in [2.75, 3.05) is 26.2 Å². The molecule has 1 aliphatic heterocycles. The summed E-state index contributed by atoms with van der Waals surface area (Å²) in [5.74, 6) is -3.27. The standard InChI is InChI=1S/C19H21F2N3O6S/c20-13-4-5-15(21)16(11-13)31(27,28)24-8-2-10-30-17(24)12-23-19(26)18(25)22-7-6-14-3-1-9-29-14/h1,3-5,9,11,17H,2,6-8,10,12H2,(H,22,25)(H,23,26). The zero-order valence-electron chi connectivity index (χ0n) is 16.3. The maximum Gasteiger partial charge on any atom is 0.309 e. The summed E-state index contributed by atoms with van der Waals surface area (Å²) in [4.78, 5) is 23.1. The summed E-state index contributed by atoms with van der Waals surface area (Å²) in [5, 5.41) is 4.72. The van der Waals surface area contributed by atoms with Crippen LogP contribution < -0.4 is 10.6 Å². The van der Waals surface area contributed by atoms with Crippen LogP contribution in [0.3, 0.4) is 0 Å². The molecule has 1 saturated heterocycles. The first-order chi connectivity index (χ1) is 14.8. The van der Waals surface area contributed by atoms with Gasteiger partial charge in [0.25, 0.3) is 0 Å². The van der Waals surface area contributed by atoms with Crippen LogP contribution in [0.2, 0.25) is 0 Å². The van der Waals surface area contributed by atoms with E-state index in [2.05, 4.69) is 10.6 Å². The molecule has 2 aromatic rings. The van der Waals surface area contributed by atoms with E-state index < -0.39 is 44.6 Å². The van der Waals surface area contributed by atoms with Crippen molar-refractivity contribution in [3.8, 4) is 0 Å². The number of hydrogen-bond acceptors (Lipinski definition) is 6. The minimum Gasteiger partial charge on any atom is -0.469 e. The minimum absolute atomic E-state index is 0.0197. The highest BCUT2D eigenvalue weighted by atomic mass is 32.2. The molecule has 0 aliphatic carbocycles. The van der Waals surface area contributed by atoms with Gasteiger partial charge in [0.05, 0.1) is 19.4 Å². The molecule has 1 fully saturated rings. The molecule has 2 heterocycles. The number of benzene rings is 1. The fourth-order valence-corrected chi connectivity index (χ4v) is 4.64. The Morgan fingerprint density at radius 2 is 1.94 bits per heavy atom. The highest BCUT2D eigenvalue weighted by Gasteiger charge is 2.36. The number of nitrogens with one attached hydrogen (secondary N) is 2. The third-order valence-electron chi connectivity index (χ3n) is 4.51. The second-order valence-electron chi connectivity index (χ2n) is 6.66. The van der Waals surface area contributed by atoms with Crippen LogP contribution in [0.25, 0.3) is 0 Å². The van der Waals surface area contributed by atoms with Crippen LogP contribution in [0.15, 0.2) is 45.9 Å². The normalized spacial score (nSPS) is 17.3. The van der Waals surface area contributed by atoms with Gasteiger partial charge >= 0.3 is 11.8 Å². The van der Waals surface area contributed by atoms with Crippen molar-refractivity contribution in [1.29, 1.82) is 0 Å². The van der Waals surface area contributed by atoms with Gasteiger partial charge in [-0.05, 0) is 36.8 Å². The van der Waals surface area contributed by atoms with Crippen molar-refractivity contribution in [2.24, 2.45) is 0 Å². The Morgan fingerprint density at radius 1 is 1.16 bits per heavy atom. The summed E-state index contributed by atoms with van der Waals surface area (Å²) in [6.45, 7) is 0.00134. The Hall–Kier alpha value is -2.83. The first-order valence-electron chi connectivity index (χ1n) is 9.46. The maximum absolute atomic E-state index is 14.0. The highest BCUT2D eigenvalue weighted by molar-refractivity contribution is 7.89. The Balaban J connectivity index is 1.59. The fraction of sp³-hybridized carbons (Fsp3) is 0.368. The van der Waals surface area contributed by atoms with E-state index in [0.717, 1.165) is 16.4 Å². The fourth-order valence-electron chi connectivity index (χ4n) is 3.00. The third kappa shape index (κ3) is 5.66. The van der Waals surface area contributed by atoms with Crippen LogP contribution >= 0.6 is 0 Å². The number of ether oxygens (including phenoxy) is 1. The van der Waals surface area contributed by atoms with Gasteiger partial charge in [-0.1, -0.05) is 0 Å². The van der Waals surface area contributed by atoms with E-state index in [1.54, 1.807) is 12.1 Å². The Labute approximate surface area is 177 Å². The first kappa shape index (κ1) is 22.8. The van der Waals surface area contributed by atoms with E-state index in [-0.39, 0.29) is 26.2 Å². The maximum atomic E-state index is 14.0. The minimum atomic E-state index is -4.44. The van der Waals surface area contributed by atoms with E-state index in [1.807, 2.05) is 0 Å². The molecule has 12 heteroatoms. The van der Waals surface area contributed by atoms with Gasteiger partial charge < -0.3 is 19.8 Å². The number of sulfonamides is 1. The van der Waals surface area contributed by atoms with Crippen molar-refractivity contribution in [3.63, 3.8) is 0 Å². The van der Waals surface area contributed by atoms with E-state index in [1.165, 1.54) is 6.26 Å². The molecule has 168 valence electrons. The lowest BCUT2D eigenvalue weighted by atomic mass is 10.3. The third-order valence-corrected chi connectivity index (χ3v) is 6.42. The van der Waals surface area contributed by atoms with Crippen molar-refractivity contribution >= 4 is 21.8 Å². The predicted octanol–water partition coefficient (Wildman–Crippen LogP) is 0.770. The Bertz CT molecular complexity index is 1030. The molecule has 9 nitrogen and oxygen atoms in total. The average Bonchev–Trinajstić information content (AvgIpc) is 3.27. The largest absolute Gasteiger partial charge is 0.469 e. The summed E-state index contributed by atoms with van der Waals surface area (Å²) in [5.41, 5.74) is 0. The van der Waals surface area contributed by atoms with E-state index >= 15 is 0 Å². The Morgan fingerprint density at radius 3 is 2.68 bits per heavy atom. The highest BCUT2D eigenvalue weighted by Crippen LogP contribution is 2.24. The molecule has 31 heavy (non-hydrogen) atoms. The zero-order valence-corrected chi connectivity index (χ0v) is 17.2. The van der Waals surface area contributed by atoms with Gasteiger partial charge in [0.1, 0.15) is 28.5 Å². The van der Waals surface area contributed by atoms with Crippen molar-refractivity contribution in [1.82, 2.24) is 14.9 Å². The lowest BCUT2D eigenvalue weighted by Crippen LogP contribution is -2.53. The second kappa shape index (κ2) is 9.98. The number of rotatable bonds is 7. The van der Waals surface area contributed by atoms with Crippen LogP contribution in [0.1, 0.15) is 12.2 Å². The number of carbonyl (C=O) groups excluding carboxylic acids is 2. The lowest BCUT2D eigenvalue weighted by molar-refractivity contribution is -0.140. The topological polar surface area (TPSA) is 118 Å². The number of hydrogen-bond donors (Lipinski definition) is 2. The number of furan rings is 1. The Kier molecular flexibility index (Phi) is 7.36. The molecule has 1 aromatic heterocycles. The summed E-state index contributed by atoms with van der Waals surface area (Å²) >= 11 is 0. The molecule has 2 amide bonds. The SMILES string of the molecule is O=C(NCCc1ccco1)C(=O)NCC1OCCCN1S(=O)(=O)c1cc(F)ccc1F. The van der Waals surface area contributed by atoms with Crippen LogP contribution in [-0.2, 0) is 30.8 Å². The number of carbonyl (C=O) groups is 2. The summed E-state index contributed by atoms with van der Waals surface area (Å²) in [6.07, 6.45) is 1.03. The molecule has 1 unspecified atom stereocenters. The van der Waals surface area contributed by atoms with E-state index in [4.69, 9.17) is 9.15 Å². The number of amides is 2. The summed E-state index contributed by atoms with van der Waals surface area (Å²) in [6, 6.07) is 5.54. The van der Waals surface area contributed by atoms with E-state index in [9.17, 15) is 26.8 Å². The van der Waals surface area contributed by atoms with Crippen LogP contribution in [-0.4, -0.2) is 57.0 Å². The zero-order chi connectivity index (χ0) is 22.4. The molecular formula is C19H21F2N3O6S. The molecule has 1 aliphatic rings. The monoisotopic (exact) mass is 457 g/mol. The molecular weight excluding hydrogens is 436 g/mol. The number of nitrogens with zero attached hydrogens (tertiary/aromatic N) is 1. The lowest BCUT2D eigenvalue weighted by Gasteiger charge is -2.34. The molecule has 1 aromatic carbocycles. The molecule has 0 radical (unpaired) electrons. The average molecular weight is 457 g/mol. The number of halogens is 2. The predicted molar refractivity (Wildman–Crippen MR) is 103 cm³/mol. The molecule has 0 saturated carbocycles. The smallest absolute Gasteiger partial charge is 0.309 e. The molecule has 1 atom stereocenters. The van der Waals surface area contributed by atoms with Crippen LogP contribution in [0, 0.1) is 11.6 Å². The van der Waals surface area contributed by atoms with Crippen LogP contribution in [0.4, 0.5) is 8.78 Å². The van der Waals surface area contributed by atoms with Gasteiger partial charge in [-0.15, -0.1) is 0 Å². The molecule has 3 rings (SSSR count). The van der Waals surface area contributed by atoms with Crippen LogP contribution in [0.5, 0.6) is 0 Å². The van der Waals surface area contributed by atoms with Gasteiger partial charge in [0, 0.05) is 19.5 Å². The van der Waals surface area contributed by atoms with Crippen molar-refractivity contribution in [3.05, 3.63) is 54.0 Å². The first-order valence-corrected chi connectivity index (χ1v) is 10.9. The quantitative estimate of drug-likeness (QED) is 0.593. The van der Waals surface area contributed by atoms with Gasteiger partial charge in [-0.25, -0.2) is 17.2 Å². The second-order valence-corrected chi connectivity index (χ2v) is 8.52. The van der Waals surface area contributed by atoms with Gasteiger partial charge in [0.2, 0.25) is 10.0 Å².